The van der Waals surface area contributed by atoms with Crippen molar-refractivity contribution in [2.75, 3.05) is 9.80 Å². The minimum absolute atomic E-state index is 0.000727. The Balaban J connectivity index is 1.46. The second-order valence-electron chi connectivity index (χ2n) is 23.7. The molecule has 2 nitrogen and oxygen atoms in total. The van der Waals surface area contributed by atoms with Crippen molar-refractivity contribution in [2.24, 2.45) is 0 Å². The van der Waals surface area contributed by atoms with E-state index < -0.39 is 6.85 Å². The molecular weight excluding hydrogens is 711 g/mol. The fourth-order valence-electron chi connectivity index (χ4n) is 11.8. The molecule has 9 rings (SSSR count). The van der Waals surface area contributed by atoms with Gasteiger partial charge < -0.3 is 9.80 Å². The molecule has 5 aromatic rings. The van der Waals surface area contributed by atoms with Crippen molar-refractivity contribution in [3.05, 3.63) is 123 Å². The van der Waals surface area contributed by atoms with Crippen molar-refractivity contribution in [3.63, 3.8) is 0 Å². The highest BCUT2D eigenvalue weighted by molar-refractivity contribution is 7.00. The predicted octanol–water partition coefficient (Wildman–Crippen LogP) is 13.6. The maximum atomic E-state index is 9.05. The third-order valence-electron chi connectivity index (χ3n) is 15.1. The van der Waals surface area contributed by atoms with Crippen LogP contribution < -0.4 is 26.2 Å². The Hall–Kier alpha value is -4.24. The Morgan fingerprint density at radius 2 is 0.949 bits per heavy atom. The third kappa shape index (κ3) is 6.01. The Labute approximate surface area is 362 Å². The highest BCUT2D eigenvalue weighted by Crippen LogP contribution is 2.55. The molecule has 2 aliphatic carbocycles. The van der Waals surface area contributed by atoms with E-state index in [9.17, 15) is 0 Å². The molecule has 59 heavy (non-hydrogen) atoms. The van der Waals surface area contributed by atoms with Crippen LogP contribution in [0.4, 0.5) is 34.1 Å². The molecule has 0 aromatic heterocycles. The van der Waals surface area contributed by atoms with Gasteiger partial charge in [-0.3, -0.25) is 0 Å². The van der Waals surface area contributed by atoms with E-state index in [4.69, 9.17) is 4.11 Å². The maximum Gasteiger partial charge on any atom is 0.252 e. The molecule has 0 saturated carbocycles. The summed E-state index contributed by atoms with van der Waals surface area (Å²) in [4.78, 5) is 4.91. The van der Waals surface area contributed by atoms with Crippen LogP contribution in [0.3, 0.4) is 0 Å². The van der Waals surface area contributed by atoms with Gasteiger partial charge in [0, 0.05) is 38.2 Å². The van der Waals surface area contributed by atoms with Crippen LogP contribution in [0.15, 0.2) is 72.8 Å². The van der Waals surface area contributed by atoms with E-state index in [1.807, 2.05) is 12.1 Å². The summed E-state index contributed by atoms with van der Waals surface area (Å²) in [5.74, 6) is 0. The topological polar surface area (TPSA) is 6.48 Å². The van der Waals surface area contributed by atoms with E-state index in [1.54, 1.807) is 0 Å². The van der Waals surface area contributed by atoms with Crippen LogP contribution in [0.25, 0.3) is 0 Å². The minimum atomic E-state index is -2.33. The fourth-order valence-corrected chi connectivity index (χ4v) is 11.8. The Bertz CT molecular complexity index is 2720. The molecule has 0 fully saturated rings. The molecule has 0 amide bonds. The summed E-state index contributed by atoms with van der Waals surface area (Å²) in [6.45, 7) is 35.0. The van der Waals surface area contributed by atoms with Crippen LogP contribution in [0.1, 0.15) is 170 Å². The van der Waals surface area contributed by atoms with Crippen LogP contribution in [0.5, 0.6) is 0 Å². The lowest BCUT2D eigenvalue weighted by molar-refractivity contribution is 0.332. The van der Waals surface area contributed by atoms with Gasteiger partial charge in [0.25, 0.3) is 6.71 Å². The summed E-state index contributed by atoms with van der Waals surface area (Å²) in [5, 5.41) is 0. The van der Waals surface area contributed by atoms with E-state index in [-0.39, 0.29) is 39.2 Å². The summed E-state index contributed by atoms with van der Waals surface area (Å²) in [6.07, 6.45) is 3.31. The summed E-state index contributed by atoms with van der Waals surface area (Å²) in [7, 11) is 0. The van der Waals surface area contributed by atoms with Gasteiger partial charge in [0.05, 0.1) is 0 Å². The number of aryl methyl sites for hydroxylation is 3. The lowest BCUT2D eigenvalue weighted by atomic mass is 9.33. The lowest BCUT2D eigenvalue weighted by Gasteiger charge is -2.48. The first-order valence-electron chi connectivity index (χ1n) is 23.8. The highest BCUT2D eigenvalue weighted by atomic mass is 15.2. The SMILES string of the molecule is [2H]C([2H])([2H])c1cc2c3c(c1)N(c1cc4c(cc1C)C(C)(C)CC4(C)C)c1cc4c(cc1B3c1cc(C(C)(C)C)ccc1N2c1ccc(C(C)(C)C)cc1C)C(C)(C)CCC4(C)C. The van der Waals surface area contributed by atoms with Crippen molar-refractivity contribution >= 4 is 57.2 Å². The lowest BCUT2D eigenvalue weighted by Crippen LogP contribution is -2.62. The molecule has 0 saturated heterocycles. The van der Waals surface area contributed by atoms with E-state index in [2.05, 4.69) is 181 Å². The number of hydrogen-bond acceptors (Lipinski definition) is 2. The Kier molecular flexibility index (Phi) is 7.71. The highest BCUT2D eigenvalue weighted by Gasteiger charge is 2.48. The van der Waals surface area contributed by atoms with E-state index in [0.717, 1.165) is 47.7 Å². The predicted molar refractivity (Wildman–Crippen MR) is 258 cm³/mol. The average Bonchev–Trinajstić information content (AvgIpc) is 3.33. The molecule has 0 bridgehead atoms. The number of fused-ring (bicyclic) bond motifs is 6. The second-order valence-corrected chi connectivity index (χ2v) is 23.7. The number of rotatable bonds is 2. The van der Waals surface area contributed by atoms with Gasteiger partial charge in [0.2, 0.25) is 0 Å². The largest absolute Gasteiger partial charge is 0.311 e. The first-order chi connectivity index (χ1) is 28.4. The van der Waals surface area contributed by atoms with Gasteiger partial charge in [0.15, 0.2) is 0 Å². The zero-order valence-electron chi connectivity index (χ0n) is 42.0. The first kappa shape index (κ1) is 36.6. The van der Waals surface area contributed by atoms with Crippen LogP contribution in [-0.4, -0.2) is 6.71 Å². The quantitative estimate of drug-likeness (QED) is 0.161. The van der Waals surface area contributed by atoms with Crippen molar-refractivity contribution in [1.82, 2.24) is 0 Å². The number of nitrogens with zero attached hydrogens (tertiary/aromatic N) is 2. The van der Waals surface area contributed by atoms with Gasteiger partial charge in [-0.1, -0.05) is 133 Å². The number of benzene rings is 5. The third-order valence-corrected chi connectivity index (χ3v) is 15.1. The van der Waals surface area contributed by atoms with Gasteiger partial charge in [-0.05, 0) is 175 Å². The van der Waals surface area contributed by atoms with Crippen molar-refractivity contribution in [2.45, 2.75) is 169 Å². The molecule has 4 aliphatic rings. The molecule has 3 heteroatoms. The normalized spacial score (nSPS) is 20.1. The van der Waals surface area contributed by atoms with Crippen molar-refractivity contribution in [1.29, 1.82) is 0 Å². The summed E-state index contributed by atoms with van der Waals surface area (Å²) >= 11 is 0. The standard InChI is InChI=1S/C56H69BN2/c1-33-24-48-50-49(25-33)59(46-30-41-38(27-35(46)3)55(14,15)32-56(41,16)17)47-31-40-39(53(10,11)22-23-54(40,12)13)29-43(47)57(50)42-28-37(52(7,8)9)19-21-45(42)58(48)44-20-18-36(26-34(44)2)51(4,5)6/h18-21,24-31H,22-23,32H2,1-17H3/i1D3. The smallest absolute Gasteiger partial charge is 0.252 e. The molecule has 0 unspecified atom stereocenters. The maximum absolute atomic E-state index is 9.05. The van der Waals surface area contributed by atoms with Gasteiger partial charge in [-0.25, -0.2) is 0 Å². The molecule has 0 atom stereocenters. The van der Waals surface area contributed by atoms with Crippen molar-refractivity contribution in [3.8, 4) is 0 Å². The van der Waals surface area contributed by atoms with Crippen molar-refractivity contribution < 1.29 is 4.11 Å². The second kappa shape index (κ2) is 12.4. The van der Waals surface area contributed by atoms with Gasteiger partial charge >= 0.3 is 0 Å². The van der Waals surface area contributed by atoms with E-state index >= 15 is 0 Å². The summed E-state index contributed by atoms with van der Waals surface area (Å²) in [6, 6.07) is 28.1. The van der Waals surface area contributed by atoms with Crippen LogP contribution in [0, 0.1) is 20.7 Å². The molecule has 0 spiro atoms. The number of hydrogen-bond donors (Lipinski definition) is 0. The zero-order valence-corrected chi connectivity index (χ0v) is 39.0. The average molecular weight is 784 g/mol. The fraction of sp³-hybridized carbons (Fsp3) is 0.464. The van der Waals surface area contributed by atoms with Crippen LogP contribution >= 0.6 is 0 Å². The molecular formula is C56H69BN2. The van der Waals surface area contributed by atoms with Gasteiger partial charge in [-0.15, -0.1) is 0 Å². The molecule has 5 aromatic carbocycles. The van der Waals surface area contributed by atoms with Gasteiger partial charge in [-0.2, -0.15) is 0 Å². The molecule has 306 valence electrons. The Morgan fingerprint density at radius 3 is 1.51 bits per heavy atom. The summed E-state index contributed by atoms with van der Waals surface area (Å²) < 4.78 is 27.2. The minimum Gasteiger partial charge on any atom is -0.311 e. The van der Waals surface area contributed by atoms with E-state index in [1.165, 1.54) is 66.6 Å². The van der Waals surface area contributed by atoms with E-state index in [0.29, 0.717) is 5.56 Å². The Morgan fingerprint density at radius 1 is 0.492 bits per heavy atom. The van der Waals surface area contributed by atoms with Gasteiger partial charge in [0.1, 0.15) is 0 Å². The first-order valence-corrected chi connectivity index (χ1v) is 22.3. The monoisotopic (exact) mass is 784 g/mol. The summed E-state index contributed by atoms with van der Waals surface area (Å²) in [5.41, 5.74) is 21.1. The molecule has 2 heterocycles. The van der Waals surface area contributed by atoms with Crippen LogP contribution in [0.2, 0.25) is 0 Å². The molecule has 0 radical (unpaired) electrons. The number of anilines is 6. The zero-order chi connectivity index (χ0) is 45.2. The molecule has 0 N–H and O–H groups in total. The molecule has 2 aliphatic heterocycles. The van der Waals surface area contributed by atoms with Crippen LogP contribution in [-0.2, 0) is 32.5 Å².